The van der Waals surface area contributed by atoms with Crippen molar-refractivity contribution in [3.05, 3.63) is 23.8 Å². The average molecular weight is 290 g/mol. The van der Waals surface area contributed by atoms with Crippen LogP contribution in [0.3, 0.4) is 0 Å². The van der Waals surface area contributed by atoms with Crippen LogP contribution in [0.25, 0.3) is 0 Å². The van der Waals surface area contributed by atoms with Crippen LogP contribution in [-0.4, -0.2) is 19.2 Å². The molecule has 0 heterocycles. The molecule has 0 atom stereocenters. The molecule has 0 fully saturated rings. The highest BCUT2D eigenvalue weighted by molar-refractivity contribution is 5.94. The molecule has 0 unspecified atom stereocenters. The van der Waals surface area contributed by atoms with Gasteiger partial charge >= 0.3 is 5.97 Å². The minimum Gasteiger partial charge on any atom is -0.491 e. The first kappa shape index (κ1) is 16.8. The van der Waals surface area contributed by atoms with Crippen molar-refractivity contribution in [1.82, 2.24) is 0 Å². The van der Waals surface area contributed by atoms with Crippen molar-refractivity contribution in [1.29, 1.82) is 5.26 Å². The number of nitrogens with two attached hydrogens (primary N) is 1. The van der Waals surface area contributed by atoms with E-state index in [9.17, 15) is 4.79 Å². The molecule has 0 saturated carbocycles. The van der Waals surface area contributed by atoms with Gasteiger partial charge in [-0.05, 0) is 45.7 Å². The highest BCUT2D eigenvalue weighted by Gasteiger charge is 2.18. The summed E-state index contributed by atoms with van der Waals surface area (Å²) in [7, 11) is 0. The number of benzene rings is 1. The Kier molecular flexibility index (Phi) is 6.04. The molecule has 0 saturated heterocycles. The monoisotopic (exact) mass is 290 g/mol. The Morgan fingerprint density at radius 1 is 1.43 bits per heavy atom. The molecule has 1 aromatic carbocycles. The molecular formula is C16H22N2O3. The lowest BCUT2D eigenvalue weighted by atomic mass is 9.90. The molecule has 0 aliphatic rings. The minimum atomic E-state index is -0.458. The summed E-state index contributed by atoms with van der Waals surface area (Å²) in [5.41, 5.74) is 6.15. The van der Waals surface area contributed by atoms with Gasteiger partial charge in [-0.2, -0.15) is 5.26 Å². The molecule has 0 amide bonds. The zero-order chi connectivity index (χ0) is 15.9. The second-order valence-electron chi connectivity index (χ2n) is 5.39. The fraction of sp³-hybridized carbons (Fsp3) is 0.500. The summed E-state index contributed by atoms with van der Waals surface area (Å²) >= 11 is 0. The second-order valence-corrected chi connectivity index (χ2v) is 5.39. The number of nitrogen functional groups attached to an aromatic ring is 1. The van der Waals surface area contributed by atoms with Gasteiger partial charge in [-0.15, -0.1) is 0 Å². The summed E-state index contributed by atoms with van der Waals surface area (Å²) in [5, 5.41) is 8.92. The van der Waals surface area contributed by atoms with Crippen LogP contribution < -0.4 is 10.5 Å². The van der Waals surface area contributed by atoms with Crippen LogP contribution in [-0.2, 0) is 4.74 Å². The normalized spacial score (nSPS) is 10.8. The highest BCUT2D eigenvalue weighted by atomic mass is 16.5. The number of hydrogen-bond donors (Lipinski definition) is 1. The number of hydrogen-bond acceptors (Lipinski definition) is 5. The summed E-state index contributed by atoms with van der Waals surface area (Å²) in [5.74, 6) is -0.0946. The molecule has 0 spiro atoms. The smallest absolute Gasteiger partial charge is 0.342 e. The van der Waals surface area contributed by atoms with Gasteiger partial charge in [-0.3, -0.25) is 0 Å². The summed E-state index contributed by atoms with van der Waals surface area (Å²) in [6.07, 6.45) is 1.31. The maximum absolute atomic E-state index is 12.1. The number of esters is 1. The number of ether oxygens (including phenoxy) is 2. The van der Waals surface area contributed by atoms with E-state index in [0.29, 0.717) is 36.4 Å². The third-order valence-electron chi connectivity index (χ3n) is 3.04. The number of nitriles is 1. The Balaban J connectivity index is 2.61. The van der Waals surface area contributed by atoms with Crippen molar-refractivity contribution in [3.63, 3.8) is 0 Å². The second kappa shape index (κ2) is 7.53. The summed E-state index contributed by atoms with van der Waals surface area (Å²) in [4.78, 5) is 12.1. The van der Waals surface area contributed by atoms with E-state index in [1.807, 2.05) is 20.8 Å². The molecular weight excluding hydrogens is 268 g/mol. The zero-order valence-electron chi connectivity index (χ0n) is 12.8. The Hall–Kier alpha value is -2.22. The Labute approximate surface area is 125 Å². The minimum absolute atomic E-state index is 0.268. The zero-order valence-corrected chi connectivity index (χ0v) is 12.8. The molecule has 1 aromatic rings. The van der Waals surface area contributed by atoms with Gasteiger partial charge in [0.2, 0.25) is 0 Å². The molecule has 0 aliphatic heterocycles. The van der Waals surface area contributed by atoms with Crippen LogP contribution >= 0.6 is 0 Å². The van der Waals surface area contributed by atoms with Crippen LogP contribution in [0.15, 0.2) is 18.2 Å². The SMILES string of the molecule is CCOc1c(N)cccc1C(=O)OCCCC(C)(C)C#N. The predicted molar refractivity (Wildman–Crippen MR) is 80.9 cm³/mol. The van der Waals surface area contributed by atoms with E-state index in [0.717, 1.165) is 0 Å². The first-order valence-electron chi connectivity index (χ1n) is 7.01. The molecule has 5 nitrogen and oxygen atoms in total. The van der Waals surface area contributed by atoms with E-state index in [-0.39, 0.29) is 6.61 Å². The third-order valence-corrected chi connectivity index (χ3v) is 3.04. The van der Waals surface area contributed by atoms with E-state index >= 15 is 0 Å². The van der Waals surface area contributed by atoms with Crippen molar-refractivity contribution < 1.29 is 14.3 Å². The molecule has 1 rings (SSSR count). The van der Waals surface area contributed by atoms with E-state index in [1.54, 1.807) is 18.2 Å². The number of para-hydroxylation sites is 1. The van der Waals surface area contributed by atoms with Gasteiger partial charge in [-0.25, -0.2) is 4.79 Å². The number of rotatable bonds is 7. The molecule has 0 aliphatic carbocycles. The van der Waals surface area contributed by atoms with Gasteiger partial charge in [0, 0.05) is 0 Å². The fourth-order valence-electron chi connectivity index (χ4n) is 1.83. The van der Waals surface area contributed by atoms with Crippen molar-refractivity contribution in [3.8, 4) is 11.8 Å². The van der Waals surface area contributed by atoms with Crippen LogP contribution in [0.4, 0.5) is 5.69 Å². The molecule has 0 bridgehead atoms. The predicted octanol–water partition coefficient (Wildman–Crippen LogP) is 3.15. The topological polar surface area (TPSA) is 85.3 Å². The largest absolute Gasteiger partial charge is 0.491 e. The third kappa shape index (κ3) is 4.99. The van der Waals surface area contributed by atoms with Gasteiger partial charge in [-0.1, -0.05) is 6.07 Å². The van der Waals surface area contributed by atoms with Crippen molar-refractivity contribution in [2.24, 2.45) is 5.41 Å². The lowest BCUT2D eigenvalue weighted by molar-refractivity contribution is 0.0486. The Morgan fingerprint density at radius 2 is 2.14 bits per heavy atom. The summed E-state index contributed by atoms with van der Waals surface area (Å²) < 4.78 is 10.6. The van der Waals surface area contributed by atoms with Gasteiger partial charge < -0.3 is 15.2 Å². The van der Waals surface area contributed by atoms with Crippen LogP contribution in [0.1, 0.15) is 44.0 Å². The first-order chi connectivity index (χ1) is 9.91. The number of carbonyl (C=O) groups excluding carboxylic acids is 1. The Morgan fingerprint density at radius 3 is 2.76 bits per heavy atom. The van der Waals surface area contributed by atoms with Gasteiger partial charge in [0.25, 0.3) is 0 Å². The molecule has 2 N–H and O–H groups in total. The number of nitrogens with zero attached hydrogens (tertiary/aromatic N) is 1. The highest BCUT2D eigenvalue weighted by Crippen LogP contribution is 2.27. The van der Waals surface area contributed by atoms with Crippen molar-refractivity contribution in [2.45, 2.75) is 33.6 Å². The first-order valence-corrected chi connectivity index (χ1v) is 7.01. The van der Waals surface area contributed by atoms with E-state index in [4.69, 9.17) is 20.5 Å². The van der Waals surface area contributed by atoms with Crippen molar-refractivity contribution in [2.75, 3.05) is 18.9 Å². The summed E-state index contributed by atoms with van der Waals surface area (Å²) in [6, 6.07) is 7.21. The quantitative estimate of drug-likeness (QED) is 0.473. The maximum Gasteiger partial charge on any atom is 0.342 e. The summed E-state index contributed by atoms with van der Waals surface area (Å²) in [6.45, 7) is 6.24. The van der Waals surface area contributed by atoms with Gasteiger partial charge in [0.05, 0.1) is 30.4 Å². The van der Waals surface area contributed by atoms with Crippen LogP contribution in [0.5, 0.6) is 5.75 Å². The molecule has 5 heteroatoms. The Bertz CT molecular complexity index is 533. The van der Waals surface area contributed by atoms with Crippen molar-refractivity contribution >= 4 is 11.7 Å². The van der Waals surface area contributed by atoms with E-state index in [2.05, 4.69) is 6.07 Å². The average Bonchev–Trinajstić information content (AvgIpc) is 2.45. The standard InChI is InChI=1S/C16H22N2O3/c1-4-20-14-12(7-5-8-13(14)18)15(19)21-10-6-9-16(2,3)11-17/h5,7-8H,4,6,9-10,18H2,1-3H3. The fourth-order valence-corrected chi connectivity index (χ4v) is 1.83. The van der Waals surface area contributed by atoms with Crippen LogP contribution in [0, 0.1) is 16.7 Å². The molecule has 21 heavy (non-hydrogen) atoms. The lowest BCUT2D eigenvalue weighted by Crippen LogP contribution is -2.13. The van der Waals surface area contributed by atoms with E-state index in [1.165, 1.54) is 0 Å². The lowest BCUT2D eigenvalue weighted by Gasteiger charge is -2.15. The van der Waals surface area contributed by atoms with Crippen LogP contribution in [0.2, 0.25) is 0 Å². The van der Waals surface area contributed by atoms with E-state index < -0.39 is 11.4 Å². The molecule has 0 aromatic heterocycles. The molecule has 0 radical (unpaired) electrons. The maximum atomic E-state index is 12.1. The number of carbonyl (C=O) groups is 1. The molecule has 114 valence electrons. The number of anilines is 1. The van der Waals surface area contributed by atoms with Gasteiger partial charge in [0.1, 0.15) is 5.56 Å². The van der Waals surface area contributed by atoms with Gasteiger partial charge in [0.15, 0.2) is 5.75 Å².